The Morgan fingerprint density at radius 3 is 2.88 bits per heavy atom. The first-order valence-electron chi connectivity index (χ1n) is 8.12. The number of phenols is 1. The molecule has 2 N–H and O–H groups in total. The number of benzene rings is 2. The number of hydrogen-bond acceptors (Lipinski definition) is 4. The molecule has 0 spiro atoms. The summed E-state index contributed by atoms with van der Waals surface area (Å²) in [5.41, 5.74) is 0.963. The molecule has 1 saturated heterocycles. The van der Waals surface area contributed by atoms with Crippen molar-refractivity contribution in [2.45, 2.75) is 12.6 Å². The molecule has 25 heavy (non-hydrogen) atoms. The number of phenolic OH excluding ortho intramolecular Hbond substituents is 1. The van der Waals surface area contributed by atoms with Crippen LogP contribution in [0, 0.1) is 5.82 Å². The van der Waals surface area contributed by atoms with Gasteiger partial charge in [-0.1, -0.05) is 29.3 Å². The van der Waals surface area contributed by atoms with Gasteiger partial charge in [0.1, 0.15) is 12.4 Å². The lowest BCUT2D eigenvalue weighted by Gasteiger charge is -2.33. The van der Waals surface area contributed by atoms with E-state index in [0.717, 1.165) is 19.6 Å². The van der Waals surface area contributed by atoms with E-state index in [0.29, 0.717) is 18.7 Å². The predicted octanol–water partition coefficient (Wildman–Crippen LogP) is 3.67. The topological polar surface area (TPSA) is 44.7 Å². The van der Waals surface area contributed by atoms with Crippen LogP contribution in [0.1, 0.15) is 5.56 Å². The SMILES string of the molecule is Oc1cccc(Cl)c1-c1c(Cl)cc2c(c1F)OC[C@H]1CNCCN1C2. The maximum absolute atomic E-state index is 15.3. The number of nitrogens with one attached hydrogen (secondary N) is 1. The zero-order valence-electron chi connectivity index (χ0n) is 13.4. The van der Waals surface area contributed by atoms with Crippen molar-refractivity contribution in [1.82, 2.24) is 10.2 Å². The van der Waals surface area contributed by atoms with E-state index < -0.39 is 5.82 Å². The van der Waals surface area contributed by atoms with Gasteiger partial charge in [0.15, 0.2) is 11.6 Å². The number of piperazine rings is 1. The Kier molecular flexibility index (Phi) is 4.50. The second-order valence-electron chi connectivity index (χ2n) is 6.31. The van der Waals surface area contributed by atoms with E-state index in [2.05, 4.69) is 10.2 Å². The maximum atomic E-state index is 15.3. The molecule has 132 valence electrons. The number of halogens is 3. The van der Waals surface area contributed by atoms with Gasteiger partial charge >= 0.3 is 0 Å². The largest absolute Gasteiger partial charge is 0.507 e. The van der Waals surface area contributed by atoms with E-state index >= 15 is 4.39 Å². The Bertz CT molecular complexity index is 811. The van der Waals surface area contributed by atoms with Crippen LogP contribution in [0.3, 0.4) is 0 Å². The van der Waals surface area contributed by atoms with Crippen molar-refractivity contribution in [3.05, 3.63) is 45.7 Å². The van der Waals surface area contributed by atoms with Crippen LogP contribution in [-0.4, -0.2) is 42.3 Å². The van der Waals surface area contributed by atoms with Gasteiger partial charge in [-0.15, -0.1) is 0 Å². The van der Waals surface area contributed by atoms with Gasteiger partial charge in [-0.3, -0.25) is 4.90 Å². The second kappa shape index (κ2) is 6.65. The fourth-order valence-corrected chi connectivity index (χ4v) is 4.06. The minimum absolute atomic E-state index is 0.0708. The second-order valence-corrected chi connectivity index (χ2v) is 7.12. The molecule has 2 aromatic rings. The van der Waals surface area contributed by atoms with Crippen LogP contribution in [-0.2, 0) is 6.54 Å². The number of fused-ring (bicyclic) bond motifs is 2. The first-order valence-corrected chi connectivity index (χ1v) is 8.88. The standard InChI is InChI=1S/C18H17Cl2FN2O2/c19-12-2-1-3-14(24)15(12)16-13(20)6-10-8-23-5-4-22-7-11(23)9-25-18(10)17(16)21/h1-3,6,11,22,24H,4-5,7-9H2/t11-/m1/s1. The Morgan fingerprint density at radius 2 is 2.08 bits per heavy atom. The van der Waals surface area contributed by atoms with Crippen molar-refractivity contribution < 1.29 is 14.2 Å². The number of nitrogens with zero attached hydrogens (tertiary/aromatic N) is 1. The maximum Gasteiger partial charge on any atom is 0.174 e. The summed E-state index contributed by atoms with van der Waals surface area (Å²) in [4.78, 5) is 2.27. The van der Waals surface area contributed by atoms with E-state index in [-0.39, 0.29) is 38.7 Å². The van der Waals surface area contributed by atoms with Gasteiger partial charge < -0.3 is 15.2 Å². The third kappa shape index (κ3) is 2.95. The molecule has 1 atom stereocenters. The van der Waals surface area contributed by atoms with Crippen molar-refractivity contribution in [3.8, 4) is 22.6 Å². The summed E-state index contributed by atoms with van der Waals surface area (Å²) in [6, 6.07) is 6.54. The lowest BCUT2D eigenvalue weighted by atomic mass is 10.0. The van der Waals surface area contributed by atoms with E-state index in [1.165, 1.54) is 6.07 Å². The molecule has 2 heterocycles. The third-order valence-corrected chi connectivity index (χ3v) is 5.37. The molecule has 0 aliphatic carbocycles. The summed E-state index contributed by atoms with van der Waals surface area (Å²) in [5.74, 6) is -0.518. The third-order valence-electron chi connectivity index (χ3n) is 4.76. The average molecular weight is 383 g/mol. The molecule has 0 unspecified atom stereocenters. The van der Waals surface area contributed by atoms with Crippen molar-refractivity contribution in [2.75, 3.05) is 26.2 Å². The van der Waals surface area contributed by atoms with Crippen LogP contribution < -0.4 is 10.1 Å². The molecule has 2 aromatic carbocycles. The summed E-state index contributed by atoms with van der Waals surface area (Å²) in [6.45, 7) is 3.55. The zero-order valence-corrected chi connectivity index (χ0v) is 14.9. The van der Waals surface area contributed by atoms with Crippen molar-refractivity contribution in [2.24, 2.45) is 0 Å². The van der Waals surface area contributed by atoms with Crippen molar-refractivity contribution >= 4 is 23.2 Å². The highest BCUT2D eigenvalue weighted by atomic mass is 35.5. The number of hydrogen-bond donors (Lipinski definition) is 2. The molecular formula is C18H17Cl2FN2O2. The normalized spacial score (nSPS) is 20.4. The lowest BCUT2D eigenvalue weighted by molar-refractivity contribution is 0.119. The summed E-state index contributed by atoms with van der Waals surface area (Å²) in [7, 11) is 0. The number of ether oxygens (including phenoxy) is 1. The summed E-state index contributed by atoms with van der Waals surface area (Å²) in [6.07, 6.45) is 0. The fourth-order valence-electron chi connectivity index (χ4n) is 3.49. The summed E-state index contributed by atoms with van der Waals surface area (Å²) < 4.78 is 21.1. The minimum Gasteiger partial charge on any atom is -0.507 e. The lowest BCUT2D eigenvalue weighted by Crippen LogP contribution is -2.52. The first kappa shape index (κ1) is 16.9. The van der Waals surface area contributed by atoms with Crippen LogP contribution in [0.15, 0.2) is 24.3 Å². The van der Waals surface area contributed by atoms with Crippen LogP contribution in [0.25, 0.3) is 11.1 Å². The number of rotatable bonds is 1. The molecule has 0 amide bonds. The molecule has 1 fully saturated rings. The van der Waals surface area contributed by atoms with E-state index in [1.54, 1.807) is 18.2 Å². The zero-order chi connectivity index (χ0) is 17.6. The molecule has 0 aromatic heterocycles. The van der Waals surface area contributed by atoms with Gasteiger partial charge in [0.2, 0.25) is 0 Å². The predicted molar refractivity (Wildman–Crippen MR) is 96.1 cm³/mol. The Balaban J connectivity index is 1.84. The van der Waals surface area contributed by atoms with E-state index in [1.807, 2.05) is 0 Å². The Labute approximate surface area is 155 Å². The Morgan fingerprint density at radius 1 is 1.24 bits per heavy atom. The van der Waals surface area contributed by atoms with Crippen LogP contribution >= 0.6 is 23.2 Å². The van der Waals surface area contributed by atoms with Crippen molar-refractivity contribution in [3.63, 3.8) is 0 Å². The summed E-state index contributed by atoms with van der Waals surface area (Å²) >= 11 is 12.6. The highest BCUT2D eigenvalue weighted by Crippen LogP contribution is 2.45. The highest BCUT2D eigenvalue weighted by Gasteiger charge is 2.31. The van der Waals surface area contributed by atoms with Gasteiger partial charge in [-0.25, -0.2) is 4.39 Å². The Hall–Kier alpha value is -1.53. The quantitative estimate of drug-likeness (QED) is 0.789. The molecule has 7 heteroatoms. The van der Waals surface area contributed by atoms with Gasteiger partial charge in [-0.2, -0.15) is 0 Å². The average Bonchev–Trinajstić information content (AvgIpc) is 2.76. The van der Waals surface area contributed by atoms with Crippen molar-refractivity contribution in [1.29, 1.82) is 0 Å². The molecule has 2 aliphatic heterocycles. The number of aromatic hydroxyl groups is 1. The minimum atomic E-state index is -0.585. The highest BCUT2D eigenvalue weighted by molar-refractivity contribution is 6.37. The molecule has 0 saturated carbocycles. The first-order chi connectivity index (χ1) is 12.1. The van der Waals surface area contributed by atoms with Gasteiger partial charge in [0.05, 0.1) is 16.1 Å². The molecule has 2 aliphatic rings. The molecular weight excluding hydrogens is 366 g/mol. The summed E-state index contributed by atoms with van der Waals surface area (Å²) in [5, 5.41) is 13.9. The van der Waals surface area contributed by atoms with Gasteiger partial charge in [0.25, 0.3) is 0 Å². The molecule has 0 bridgehead atoms. The molecule has 4 nitrogen and oxygen atoms in total. The van der Waals surface area contributed by atoms with Gasteiger partial charge in [0, 0.05) is 42.9 Å². The fraction of sp³-hybridized carbons (Fsp3) is 0.333. The van der Waals surface area contributed by atoms with Crippen LogP contribution in [0.4, 0.5) is 4.39 Å². The molecule has 4 rings (SSSR count). The van der Waals surface area contributed by atoms with E-state index in [9.17, 15) is 5.11 Å². The smallest absolute Gasteiger partial charge is 0.174 e. The van der Waals surface area contributed by atoms with Gasteiger partial charge in [-0.05, 0) is 18.2 Å². The monoisotopic (exact) mass is 382 g/mol. The van der Waals surface area contributed by atoms with Crippen LogP contribution in [0.5, 0.6) is 11.5 Å². The van der Waals surface area contributed by atoms with E-state index in [4.69, 9.17) is 27.9 Å². The molecule has 0 radical (unpaired) electrons. The van der Waals surface area contributed by atoms with Crippen LogP contribution in [0.2, 0.25) is 10.0 Å².